The molecule has 0 radical (unpaired) electrons. The van der Waals surface area contributed by atoms with Gasteiger partial charge in [-0.15, -0.1) is 0 Å². The molecule has 6 nitrogen and oxygen atoms in total. The van der Waals surface area contributed by atoms with Crippen LogP contribution in [0.3, 0.4) is 0 Å². The molecule has 0 aliphatic carbocycles. The molecule has 1 unspecified atom stereocenters. The molecule has 2 rings (SSSR count). The third kappa shape index (κ3) is 2.70. The van der Waals surface area contributed by atoms with E-state index in [2.05, 4.69) is 0 Å². The van der Waals surface area contributed by atoms with E-state index in [0.717, 1.165) is 22.7 Å². The summed E-state index contributed by atoms with van der Waals surface area (Å²) in [4.78, 5) is 22.1. The number of non-ortho nitro benzene ring substituents is 1. The number of alkyl halides is 3. The highest BCUT2D eigenvalue weighted by atomic mass is 32.2. The Kier molecular flexibility index (Phi) is 3.61. The lowest BCUT2D eigenvalue weighted by atomic mass is 10.1. The van der Waals surface area contributed by atoms with E-state index in [1.165, 1.54) is 0 Å². The molecule has 1 heterocycles. The number of carbonyl (C=O) groups excluding carboxylic acids is 1. The largest absolute Gasteiger partial charge is 0.416 e. The molecule has 1 N–H and O–H groups in total. The Morgan fingerprint density at radius 1 is 1.40 bits per heavy atom. The Bertz CT molecular complexity index is 578. The number of halogens is 3. The monoisotopic (exact) mass is 308 g/mol. The average molecular weight is 308 g/mol. The average Bonchev–Trinajstić information content (AvgIpc) is 2.68. The molecule has 1 fully saturated rings. The molecule has 1 aromatic rings. The second kappa shape index (κ2) is 4.94. The number of amides is 1. The van der Waals surface area contributed by atoms with Gasteiger partial charge in [-0.25, -0.2) is 0 Å². The van der Waals surface area contributed by atoms with Gasteiger partial charge in [0.25, 0.3) is 11.6 Å². The number of hydrogen-bond donors (Lipinski definition) is 1. The second-order valence-corrected chi connectivity index (χ2v) is 4.95. The van der Waals surface area contributed by atoms with Crippen LogP contribution < -0.4 is 4.90 Å². The number of aliphatic hydroxyl groups is 1. The first-order valence-corrected chi connectivity index (χ1v) is 6.23. The van der Waals surface area contributed by atoms with Crippen molar-refractivity contribution in [3.63, 3.8) is 0 Å². The van der Waals surface area contributed by atoms with Crippen LogP contribution in [-0.4, -0.2) is 27.2 Å². The van der Waals surface area contributed by atoms with E-state index in [9.17, 15) is 33.2 Å². The molecule has 0 aromatic heterocycles. The van der Waals surface area contributed by atoms with E-state index >= 15 is 0 Å². The summed E-state index contributed by atoms with van der Waals surface area (Å²) in [5.74, 6) is -0.873. The summed E-state index contributed by atoms with van der Waals surface area (Å²) in [6.07, 6.45) is -4.77. The molecule has 1 aromatic carbocycles. The van der Waals surface area contributed by atoms with E-state index < -0.39 is 33.7 Å². The molecular weight excluding hydrogens is 301 g/mol. The summed E-state index contributed by atoms with van der Waals surface area (Å²) in [5.41, 5.74) is -3.63. The number of nitro groups is 1. The first-order chi connectivity index (χ1) is 9.20. The zero-order valence-corrected chi connectivity index (χ0v) is 10.4. The van der Waals surface area contributed by atoms with Crippen LogP contribution in [0.4, 0.5) is 24.5 Å². The maximum Gasteiger partial charge on any atom is 0.416 e. The Morgan fingerprint density at radius 3 is 2.50 bits per heavy atom. The van der Waals surface area contributed by atoms with Gasteiger partial charge in [0.05, 0.1) is 22.1 Å². The van der Waals surface area contributed by atoms with Gasteiger partial charge in [0.1, 0.15) is 0 Å². The summed E-state index contributed by atoms with van der Waals surface area (Å²) in [6.45, 7) is 0. The molecular formula is C10H7F3N2O4S. The topological polar surface area (TPSA) is 83.7 Å². The predicted molar refractivity (Wildman–Crippen MR) is 64.0 cm³/mol. The van der Waals surface area contributed by atoms with Crippen molar-refractivity contribution in [1.29, 1.82) is 0 Å². The zero-order chi connectivity index (χ0) is 15.1. The van der Waals surface area contributed by atoms with Crippen LogP contribution in [-0.2, 0) is 11.0 Å². The quantitative estimate of drug-likeness (QED) is 0.667. The van der Waals surface area contributed by atoms with Crippen molar-refractivity contribution in [3.8, 4) is 0 Å². The molecule has 0 bridgehead atoms. The standard InChI is InChI=1S/C10H7F3N2O4S/c11-10(12,13)5-1-6(3-7(2-5)15(18)19)14-4-20-9(17)8(14)16/h1-3,9,17H,4H2. The molecule has 1 atom stereocenters. The lowest BCUT2D eigenvalue weighted by molar-refractivity contribution is -0.385. The van der Waals surface area contributed by atoms with E-state index in [4.69, 9.17) is 0 Å². The number of anilines is 1. The predicted octanol–water partition coefficient (Wildman–Crippen LogP) is 1.97. The highest BCUT2D eigenvalue weighted by Gasteiger charge is 2.36. The minimum Gasteiger partial charge on any atom is -0.373 e. The first-order valence-electron chi connectivity index (χ1n) is 5.18. The summed E-state index contributed by atoms with van der Waals surface area (Å²) in [6, 6.07) is 1.91. The van der Waals surface area contributed by atoms with E-state index in [0.29, 0.717) is 12.1 Å². The maximum atomic E-state index is 12.7. The van der Waals surface area contributed by atoms with Gasteiger partial charge in [-0.1, -0.05) is 11.8 Å². The van der Waals surface area contributed by atoms with Gasteiger partial charge in [-0.05, 0) is 6.07 Å². The Balaban J connectivity index is 2.50. The maximum absolute atomic E-state index is 12.7. The Hall–Kier alpha value is -1.81. The van der Waals surface area contributed by atoms with Crippen molar-refractivity contribution in [2.24, 2.45) is 0 Å². The Morgan fingerprint density at radius 2 is 2.05 bits per heavy atom. The number of hydrogen-bond acceptors (Lipinski definition) is 5. The number of thioether (sulfide) groups is 1. The van der Waals surface area contributed by atoms with Gasteiger partial charge in [0.2, 0.25) is 0 Å². The van der Waals surface area contributed by atoms with Gasteiger partial charge >= 0.3 is 6.18 Å². The number of rotatable bonds is 2. The van der Waals surface area contributed by atoms with E-state index in [1.807, 2.05) is 0 Å². The fraction of sp³-hybridized carbons (Fsp3) is 0.300. The van der Waals surface area contributed by atoms with Crippen molar-refractivity contribution in [2.75, 3.05) is 10.8 Å². The van der Waals surface area contributed by atoms with Gasteiger partial charge in [0.15, 0.2) is 5.44 Å². The number of nitrogens with zero attached hydrogens (tertiary/aromatic N) is 2. The molecule has 10 heteroatoms. The van der Waals surface area contributed by atoms with Gasteiger partial charge < -0.3 is 5.11 Å². The smallest absolute Gasteiger partial charge is 0.373 e. The minimum absolute atomic E-state index is 0.0710. The third-order valence-corrected chi connectivity index (χ3v) is 3.52. The minimum atomic E-state index is -4.77. The molecule has 108 valence electrons. The third-order valence-electron chi connectivity index (χ3n) is 2.59. The van der Waals surface area contributed by atoms with Crippen LogP contribution in [0, 0.1) is 10.1 Å². The normalized spacial score (nSPS) is 19.5. The fourth-order valence-electron chi connectivity index (χ4n) is 1.64. The zero-order valence-electron chi connectivity index (χ0n) is 9.63. The molecule has 1 amide bonds. The van der Waals surface area contributed by atoms with Crippen molar-refractivity contribution in [2.45, 2.75) is 11.6 Å². The number of nitro benzene ring substituents is 1. The summed E-state index contributed by atoms with van der Waals surface area (Å²) < 4.78 is 38.1. The lowest BCUT2D eigenvalue weighted by Crippen LogP contribution is -2.29. The number of carbonyl (C=O) groups is 1. The van der Waals surface area contributed by atoms with Crippen LogP contribution in [0.1, 0.15) is 5.56 Å². The van der Waals surface area contributed by atoms with Crippen LogP contribution in [0.5, 0.6) is 0 Å². The van der Waals surface area contributed by atoms with E-state index in [1.54, 1.807) is 0 Å². The van der Waals surface area contributed by atoms with Crippen LogP contribution in [0.2, 0.25) is 0 Å². The van der Waals surface area contributed by atoms with E-state index in [-0.39, 0.29) is 11.6 Å². The molecule has 1 aliphatic heterocycles. The van der Waals surface area contributed by atoms with Crippen LogP contribution in [0.15, 0.2) is 18.2 Å². The van der Waals surface area contributed by atoms with Gasteiger partial charge in [-0.2, -0.15) is 13.2 Å². The second-order valence-electron chi connectivity index (χ2n) is 3.91. The first kappa shape index (κ1) is 14.6. The highest BCUT2D eigenvalue weighted by molar-refractivity contribution is 8.01. The Labute approximate surface area is 114 Å². The van der Waals surface area contributed by atoms with Crippen molar-refractivity contribution in [1.82, 2.24) is 0 Å². The summed E-state index contributed by atoms with van der Waals surface area (Å²) in [5, 5.41) is 19.9. The molecule has 20 heavy (non-hydrogen) atoms. The molecule has 1 aliphatic rings. The number of aliphatic hydroxyl groups excluding tert-OH is 1. The molecule has 0 saturated carbocycles. The fourth-order valence-corrected chi connectivity index (χ4v) is 2.47. The van der Waals surface area contributed by atoms with Crippen LogP contribution in [0.25, 0.3) is 0 Å². The van der Waals surface area contributed by atoms with Crippen molar-refractivity contribution >= 4 is 29.0 Å². The molecule has 1 saturated heterocycles. The lowest BCUT2D eigenvalue weighted by Gasteiger charge is -2.16. The summed E-state index contributed by atoms with van der Waals surface area (Å²) in [7, 11) is 0. The molecule has 0 spiro atoms. The van der Waals surface area contributed by atoms with Crippen molar-refractivity contribution in [3.05, 3.63) is 33.9 Å². The number of benzene rings is 1. The SMILES string of the molecule is O=C1C(O)SCN1c1cc([N+](=O)[O-])cc(C(F)(F)F)c1. The van der Waals surface area contributed by atoms with Crippen molar-refractivity contribution < 1.29 is 28.0 Å². The highest BCUT2D eigenvalue weighted by Crippen LogP contribution is 2.37. The van der Waals surface area contributed by atoms with Gasteiger partial charge in [-0.3, -0.25) is 19.8 Å². The summed E-state index contributed by atoms with van der Waals surface area (Å²) >= 11 is 0.817. The van der Waals surface area contributed by atoms with Gasteiger partial charge in [0, 0.05) is 12.1 Å². The van der Waals surface area contributed by atoms with Crippen LogP contribution >= 0.6 is 11.8 Å².